The molecule has 204 valence electrons. The van der Waals surface area contributed by atoms with Gasteiger partial charge in [0.1, 0.15) is 11.4 Å². The third kappa shape index (κ3) is 6.05. The van der Waals surface area contributed by atoms with Gasteiger partial charge in [-0.15, -0.1) is 4.40 Å². The van der Waals surface area contributed by atoms with Gasteiger partial charge in [-0.3, -0.25) is 0 Å². The Labute approximate surface area is 231 Å². The van der Waals surface area contributed by atoms with E-state index in [4.69, 9.17) is 9.16 Å². The summed E-state index contributed by atoms with van der Waals surface area (Å²) in [6.45, 7) is 16.5. The van der Waals surface area contributed by atoms with Crippen LogP contribution in [-0.2, 0) is 23.9 Å². The molecule has 1 unspecified atom stereocenters. The minimum absolute atomic E-state index is 0.0477. The molecule has 2 aromatic carbocycles. The molecule has 1 aliphatic heterocycles. The van der Waals surface area contributed by atoms with E-state index in [1.165, 1.54) is 6.07 Å². The van der Waals surface area contributed by atoms with Gasteiger partial charge in [-0.1, -0.05) is 67.0 Å². The number of sulfonamides is 1. The predicted molar refractivity (Wildman–Crippen MR) is 155 cm³/mol. The van der Waals surface area contributed by atoms with Crippen molar-refractivity contribution in [2.45, 2.75) is 88.8 Å². The predicted octanol–water partition coefficient (Wildman–Crippen LogP) is 7.93. The van der Waals surface area contributed by atoms with Gasteiger partial charge < -0.3 is 9.16 Å². The van der Waals surface area contributed by atoms with Crippen LogP contribution in [0.15, 0.2) is 57.4 Å². The second kappa shape index (κ2) is 10.5. The molecule has 0 aliphatic carbocycles. The Morgan fingerprint density at radius 3 is 2.32 bits per heavy atom. The maximum absolute atomic E-state index is 14.9. The summed E-state index contributed by atoms with van der Waals surface area (Å²) in [7, 11) is -6.03. The van der Waals surface area contributed by atoms with Gasteiger partial charge in [0.05, 0.1) is 0 Å². The SMILES string of the molecule is CC1(C)OC(C[C@@H](CCO[Si](C)(C)C(C)(C)C)c2ccccc2F)=NS(=O)(=O)C1(C)c1cccc(Br)c1. The van der Waals surface area contributed by atoms with Gasteiger partial charge in [-0.05, 0) is 80.6 Å². The van der Waals surface area contributed by atoms with Crippen LogP contribution in [0.3, 0.4) is 0 Å². The van der Waals surface area contributed by atoms with E-state index in [0.717, 1.165) is 4.47 Å². The van der Waals surface area contributed by atoms with E-state index in [1.807, 2.05) is 6.07 Å². The van der Waals surface area contributed by atoms with Gasteiger partial charge in [-0.2, -0.15) is 0 Å². The first kappa shape index (κ1) is 30.0. The molecule has 0 saturated heterocycles. The van der Waals surface area contributed by atoms with Gasteiger partial charge in [0.15, 0.2) is 13.1 Å². The molecule has 1 aliphatic rings. The first-order chi connectivity index (χ1) is 16.9. The quantitative estimate of drug-likeness (QED) is 0.284. The van der Waals surface area contributed by atoms with E-state index in [0.29, 0.717) is 24.2 Å². The van der Waals surface area contributed by atoms with Crippen molar-refractivity contribution in [1.82, 2.24) is 0 Å². The highest BCUT2D eigenvalue weighted by Crippen LogP contribution is 2.47. The topological polar surface area (TPSA) is 65.0 Å². The van der Waals surface area contributed by atoms with Gasteiger partial charge in [0, 0.05) is 17.5 Å². The second-order valence-corrected chi connectivity index (χ2v) is 19.6. The molecule has 0 aromatic heterocycles. The summed E-state index contributed by atoms with van der Waals surface area (Å²) in [6.07, 6.45) is 0.665. The highest BCUT2D eigenvalue weighted by atomic mass is 79.9. The summed E-state index contributed by atoms with van der Waals surface area (Å²) in [5.41, 5.74) is -0.0347. The van der Waals surface area contributed by atoms with E-state index in [2.05, 4.69) is 54.2 Å². The highest BCUT2D eigenvalue weighted by molar-refractivity contribution is 9.10. The molecular weight excluding hydrogens is 573 g/mol. The van der Waals surface area contributed by atoms with Crippen LogP contribution >= 0.6 is 15.9 Å². The first-order valence-corrected chi connectivity index (χ1v) is 17.7. The Balaban J connectivity index is 1.95. The van der Waals surface area contributed by atoms with Crippen molar-refractivity contribution in [2.24, 2.45) is 4.40 Å². The standard InChI is InChI=1S/C28H39BrFNO4SSi/c1-26(2,3)37(7,8)34-17-16-20(23-14-9-10-15-24(23)30)18-25-31-36(32,33)28(6,27(4,5)35-25)21-12-11-13-22(29)19-21/h9-15,19-20H,16-18H2,1-8H3/t20-,28?/m1/s1. The summed E-state index contributed by atoms with van der Waals surface area (Å²) in [6, 6.07) is 13.8. The lowest BCUT2D eigenvalue weighted by Crippen LogP contribution is -2.56. The largest absolute Gasteiger partial charge is 0.472 e. The van der Waals surface area contributed by atoms with Gasteiger partial charge in [0.2, 0.25) is 5.90 Å². The molecule has 9 heteroatoms. The molecule has 2 aromatic rings. The molecule has 2 atom stereocenters. The van der Waals surface area contributed by atoms with Crippen molar-refractivity contribution >= 4 is 40.2 Å². The first-order valence-electron chi connectivity index (χ1n) is 12.6. The highest BCUT2D eigenvalue weighted by Gasteiger charge is 2.58. The third-order valence-corrected chi connectivity index (χ3v) is 15.4. The maximum atomic E-state index is 14.9. The smallest absolute Gasteiger partial charge is 0.269 e. The van der Waals surface area contributed by atoms with Crippen LogP contribution in [0, 0.1) is 5.82 Å². The normalized spacial score (nSPS) is 22.2. The fourth-order valence-corrected chi connectivity index (χ4v) is 7.48. The zero-order valence-electron chi connectivity index (χ0n) is 23.1. The second-order valence-electron chi connectivity index (χ2n) is 11.9. The van der Waals surface area contributed by atoms with E-state index in [1.54, 1.807) is 57.2 Å². The van der Waals surface area contributed by atoms with Crippen LogP contribution in [0.5, 0.6) is 0 Å². The monoisotopic (exact) mass is 611 g/mol. The van der Waals surface area contributed by atoms with Crippen LogP contribution in [0.25, 0.3) is 0 Å². The average molecular weight is 613 g/mol. The molecule has 0 bridgehead atoms. The Bertz CT molecular complexity index is 1270. The van der Waals surface area contributed by atoms with Gasteiger partial charge in [0.25, 0.3) is 10.0 Å². The van der Waals surface area contributed by atoms with Crippen molar-refractivity contribution in [3.05, 3.63) is 69.9 Å². The fourth-order valence-electron chi connectivity index (χ4n) is 4.36. The fraction of sp³-hybridized carbons (Fsp3) is 0.536. The molecule has 0 saturated carbocycles. The summed E-state index contributed by atoms with van der Waals surface area (Å²) in [5.74, 6) is -0.596. The number of halogens is 2. The molecule has 5 nitrogen and oxygen atoms in total. The number of hydrogen-bond acceptors (Lipinski definition) is 4. The molecular formula is C28H39BrFNO4SSi. The van der Waals surface area contributed by atoms with E-state index >= 15 is 0 Å². The Morgan fingerprint density at radius 2 is 1.76 bits per heavy atom. The molecule has 1 heterocycles. The van der Waals surface area contributed by atoms with Gasteiger partial charge in [-0.25, -0.2) is 12.8 Å². The zero-order valence-corrected chi connectivity index (χ0v) is 26.5. The lowest BCUT2D eigenvalue weighted by Gasteiger charge is -2.45. The van der Waals surface area contributed by atoms with Crippen molar-refractivity contribution in [1.29, 1.82) is 0 Å². The molecule has 37 heavy (non-hydrogen) atoms. The lowest BCUT2D eigenvalue weighted by atomic mass is 9.84. The van der Waals surface area contributed by atoms with Crippen LogP contribution in [-0.4, -0.2) is 34.8 Å². The number of benzene rings is 2. The molecule has 0 radical (unpaired) electrons. The van der Waals surface area contributed by atoms with Gasteiger partial charge >= 0.3 is 0 Å². The summed E-state index contributed by atoms with van der Waals surface area (Å²) in [4.78, 5) is 0. The van der Waals surface area contributed by atoms with Crippen LogP contribution < -0.4 is 0 Å². The lowest BCUT2D eigenvalue weighted by molar-refractivity contribution is 0.0423. The molecule has 3 rings (SSSR count). The van der Waals surface area contributed by atoms with Crippen molar-refractivity contribution < 1.29 is 22.0 Å². The minimum Gasteiger partial charge on any atom is -0.472 e. The maximum Gasteiger partial charge on any atom is 0.269 e. The van der Waals surface area contributed by atoms with Crippen LogP contribution in [0.1, 0.15) is 71.4 Å². The van der Waals surface area contributed by atoms with Crippen LogP contribution in [0.2, 0.25) is 18.1 Å². The average Bonchev–Trinajstić information content (AvgIpc) is 2.75. The molecule has 0 amide bonds. The summed E-state index contributed by atoms with van der Waals surface area (Å²) >= 11 is 3.44. The third-order valence-electron chi connectivity index (χ3n) is 8.14. The van der Waals surface area contributed by atoms with Crippen molar-refractivity contribution in [3.8, 4) is 0 Å². The number of ether oxygens (including phenoxy) is 1. The van der Waals surface area contributed by atoms with E-state index < -0.39 is 28.7 Å². The minimum atomic E-state index is -4.03. The zero-order chi connectivity index (χ0) is 27.9. The molecule has 0 spiro atoms. The number of rotatable bonds is 8. The molecule has 0 N–H and O–H groups in total. The summed E-state index contributed by atoms with van der Waals surface area (Å²) in [5, 5.41) is 0.0477. The Hall–Kier alpha value is -1.55. The van der Waals surface area contributed by atoms with E-state index in [-0.39, 0.29) is 29.1 Å². The van der Waals surface area contributed by atoms with Crippen LogP contribution in [0.4, 0.5) is 4.39 Å². The summed E-state index contributed by atoms with van der Waals surface area (Å²) < 4.78 is 58.5. The number of hydrogen-bond donors (Lipinski definition) is 0. The van der Waals surface area contributed by atoms with E-state index in [9.17, 15) is 12.8 Å². The molecule has 0 fully saturated rings. The number of nitrogens with zero attached hydrogens (tertiary/aromatic N) is 1. The Kier molecular flexibility index (Phi) is 8.55. The van der Waals surface area contributed by atoms with Crippen molar-refractivity contribution in [2.75, 3.05) is 6.61 Å². The van der Waals surface area contributed by atoms with Crippen molar-refractivity contribution in [3.63, 3.8) is 0 Å². The Morgan fingerprint density at radius 1 is 1.11 bits per heavy atom.